The molecular formula is C21H26N2O2S. The molecule has 1 fully saturated rings. The van der Waals surface area contributed by atoms with Crippen molar-refractivity contribution in [2.24, 2.45) is 5.92 Å². The predicted octanol–water partition coefficient (Wildman–Crippen LogP) is 2.91. The van der Waals surface area contributed by atoms with Crippen LogP contribution in [-0.4, -0.2) is 36.8 Å². The first-order valence-corrected chi connectivity index (χ1v) is 9.97. The third-order valence-corrected chi connectivity index (χ3v) is 5.99. The average Bonchev–Trinajstić information content (AvgIpc) is 3.04. The third-order valence-electron chi connectivity index (χ3n) is 4.74. The number of amides is 1. The molecule has 1 saturated heterocycles. The Morgan fingerprint density at radius 1 is 1.23 bits per heavy atom. The zero-order valence-corrected chi connectivity index (χ0v) is 16.1. The van der Waals surface area contributed by atoms with Gasteiger partial charge in [0.2, 0.25) is 0 Å². The van der Waals surface area contributed by atoms with Crippen LogP contribution in [0.5, 0.6) is 0 Å². The van der Waals surface area contributed by atoms with E-state index in [0.29, 0.717) is 18.7 Å². The molecule has 2 unspecified atom stereocenters. The van der Waals surface area contributed by atoms with Gasteiger partial charge in [-0.1, -0.05) is 29.8 Å². The lowest BCUT2D eigenvalue weighted by Gasteiger charge is -2.14. The van der Waals surface area contributed by atoms with E-state index in [4.69, 9.17) is 0 Å². The van der Waals surface area contributed by atoms with E-state index in [-0.39, 0.29) is 17.9 Å². The number of thioether (sulfide) groups is 1. The number of aliphatic hydroxyl groups is 1. The molecule has 3 rings (SSSR count). The fraction of sp³-hybridized carbons (Fsp3) is 0.381. The monoisotopic (exact) mass is 370 g/mol. The highest BCUT2D eigenvalue weighted by molar-refractivity contribution is 7.98. The highest BCUT2D eigenvalue weighted by Gasteiger charge is 2.25. The smallest absolute Gasteiger partial charge is 0.251 e. The molecule has 0 spiro atoms. The highest BCUT2D eigenvalue weighted by Crippen LogP contribution is 2.27. The van der Waals surface area contributed by atoms with Crippen LogP contribution in [-0.2, 0) is 5.75 Å². The van der Waals surface area contributed by atoms with E-state index in [1.165, 1.54) is 16.0 Å². The van der Waals surface area contributed by atoms with Gasteiger partial charge in [-0.05, 0) is 43.2 Å². The number of nitrogens with one attached hydrogen (secondary N) is 2. The van der Waals surface area contributed by atoms with Gasteiger partial charge in [0, 0.05) is 41.8 Å². The maximum atomic E-state index is 12.4. The molecule has 5 heteroatoms. The summed E-state index contributed by atoms with van der Waals surface area (Å²) in [5, 5.41) is 15.9. The first-order valence-electron chi connectivity index (χ1n) is 8.99. The van der Waals surface area contributed by atoms with Crippen molar-refractivity contribution in [3.05, 3.63) is 64.7 Å². The SMILES string of the molecule is Cc1ccc(SCc2cccc(C(=O)NCC3CNCC3O)c2)c(C)c1. The molecule has 4 nitrogen and oxygen atoms in total. The molecule has 0 aromatic heterocycles. The van der Waals surface area contributed by atoms with E-state index in [2.05, 4.69) is 48.7 Å². The summed E-state index contributed by atoms with van der Waals surface area (Å²) in [4.78, 5) is 13.7. The molecule has 0 bridgehead atoms. The van der Waals surface area contributed by atoms with Crippen LogP contribution in [0.2, 0.25) is 0 Å². The normalized spacial score (nSPS) is 19.5. The second kappa shape index (κ2) is 8.71. The van der Waals surface area contributed by atoms with Crippen LogP contribution in [0.1, 0.15) is 27.0 Å². The minimum Gasteiger partial charge on any atom is -0.391 e. The lowest BCUT2D eigenvalue weighted by molar-refractivity contribution is 0.0927. The zero-order chi connectivity index (χ0) is 18.5. The van der Waals surface area contributed by atoms with Gasteiger partial charge in [-0.2, -0.15) is 0 Å². The van der Waals surface area contributed by atoms with Crippen molar-refractivity contribution in [3.8, 4) is 0 Å². The Morgan fingerprint density at radius 2 is 2.08 bits per heavy atom. The fourth-order valence-electron chi connectivity index (χ4n) is 3.18. The van der Waals surface area contributed by atoms with E-state index in [0.717, 1.165) is 17.9 Å². The summed E-state index contributed by atoms with van der Waals surface area (Å²) in [5.41, 5.74) is 4.36. The molecule has 1 aliphatic heterocycles. The number of hydrogen-bond donors (Lipinski definition) is 3. The van der Waals surface area contributed by atoms with E-state index in [1.807, 2.05) is 18.2 Å². The quantitative estimate of drug-likeness (QED) is 0.684. The lowest BCUT2D eigenvalue weighted by atomic mass is 10.1. The summed E-state index contributed by atoms with van der Waals surface area (Å²) < 4.78 is 0. The number of aryl methyl sites for hydroxylation is 2. The standard InChI is InChI=1S/C21H26N2O2S/c1-14-6-7-20(15(2)8-14)26-13-16-4-3-5-17(9-16)21(25)23-11-18-10-22-12-19(18)24/h3-9,18-19,22,24H,10-13H2,1-2H3,(H,23,25). The average molecular weight is 371 g/mol. The number of hydrogen-bond acceptors (Lipinski definition) is 4. The van der Waals surface area contributed by atoms with Gasteiger partial charge in [-0.3, -0.25) is 4.79 Å². The predicted molar refractivity (Wildman–Crippen MR) is 107 cm³/mol. The van der Waals surface area contributed by atoms with Gasteiger partial charge in [-0.15, -0.1) is 11.8 Å². The van der Waals surface area contributed by atoms with E-state index >= 15 is 0 Å². The first-order chi connectivity index (χ1) is 12.5. The molecule has 2 aromatic carbocycles. The summed E-state index contributed by atoms with van der Waals surface area (Å²) in [6.45, 7) is 6.07. The molecule has 0 aliphatic carbocycles. The van der Waals surface area contributed by atoms with Crippen molar-refractivity contribution in [3.63, 3.8) is 0 Å². The topological polar surface area (TPSA) is 61.4 Å². The number of benzene rings is 2. The molecule has 2 aromatic rings. The summed E-state index contributed by atoms with van der Waals surface area (Å²) in [7, 11) is 0. The molecule has 0 saturated carbocycles. The van der Waals surface area contributed by atoms with Crippen LogP contribution in [0.4, 0.5) is 0 Å². The largest absolute Gasteiger partial charge is 0.391 e. The van der Waals surface area contributed by atoms with Crippen molar-refractivity contribution < 1.29 is 9.90 Å². The Morgan fingerprint density at radius 3 is 2.81 bits per heavy atom. The fourth-order valence-corrected chi connectivity index (χ4v) is 4.13. The van der Waals surface area contributed by atoms with E-state index < -0.39 is 0 Å². The highest BCUT2D eigenvalue weighted by atomic mass is 32.2. The van der Waals surface area contributed by atoms with Crippen LogP contribution in [0.15, 0.2) is 47.4 Å². The van der Waals surface area contributed by atoms with Crippen molar-refractivity contribution in [2.75, 3.05) is 19.6 Å². The lowest BCUT2D eigenvalue weighted by Crippen LogP contribution is -2.34. The van der Waals surface area contributed by atoms with Gasteiger partial charge in [-0.25, -0.2) is 0 Å². The Kier molecular flexibility index (Phi) is 6.35. The minimum absolute atomic E-state index is 0.0810. The maximum absolute atomic E-state index is 12.4. The van der Waals surface area contributed by atoms with Crippen LogP contribution in [0, 0.1) is 19.8 Å². The second-order valence-electron chi connectivity index (χ2n) is 6.95. The summed E-state index contributed by atoms with van der Waals surface area (Å²) in [6.07, 6.45) is -0.379. The second-order valence-corrected chi connectivity index (χ2v) is 7.97. The van der Waals surface area contributed by atoms with Crippen LogP contribution < -0.4 is 10.6 Å². The summed E-state index contributed by atoms with van der Waals surface area (Å²) in [5.74, 6) is 0.834. The molecule has 0 radical (unpaired) electrons. The van der Waals surface area contributed by atoms with Gasteiger partial charge >= 0.3 is 0 Å². The number of aliphatic hydroxyl groups excluding tert-OH is 1. The minimum atomic E-state index is -0.379. The van der Waals surface area contributed by atoms with E-state index in [1.54, 1.807) is 11.8 Å². The molecule has 1 amide bonds. The summed E-state index contributed by atoms with van der Waals surface area (Å²) in [6, 6.07) is 14.3. The number of rotatable bonds is 6. The van der Waals surface area contributed by atoms with Crippen LogP contribution in [0.25, 0.3) is 0 Å². The first kappa shape index (κ1) is 19.0. The van der Waals surface area contributed by atoms with Gasteiger partial charge in [0.05, 0.1) is 6.10 Å². The molecule has 2 atom stereocenters. The number of carbonyl (C=O) groups excluding carboxylic acids is 1. The van der Waals surface area contributed by atoms with Gasteiger partial charge in [0.15, 0.2) is 0 Å². The van der Waals surface area contributed by atoms with Gasteiger partial charge in [0.1, 0.15) is 0 Å². The molecule has 1 heterocycles. The van der Waals surface area contributed by atoms with Crippen LogP contribution >= 0.6 is 11.8 Å². The Labute approximate surface area is 159 Å². The number of β-amino-alcohol motifs (C(OH)–C–C–N with tert-alkyl or cyclic N) is 1. The van der Waals surface area contributed by atoms with Crippen LogP contribution in [0.3, 0.4) is 0 Å². The third kappa shape index (κ3) is 4.87. The maximum Gasteiger partial charge on any atom is 0.251 e. The molecule has 3 N–H and O–H groups in total. The number of carbonyl (C=O) groups is 1. The molecule has 26 heavy (non-hydrogen) atoms. The molecule has 138 valence electrons. The zero-order valence-electron chi connectivity index (χ0n) is 15.3. The molecule has 1 aliphatic rings. The van der Waals surface area contributed by atoms with Crippen molar-refractivity contribution in [2.45, 2.75) is 30.6 Å². The Hall–Kier alpha value is -1.82. The van der Waals surface area contributed by atoms with Crippen molar-refractivity contribution >= 4 is 17.7 Å². The summed E-state index contributed by atoms with van der Waals surface area (Å²) >= 11 is 1.79. The Balaban J connectivity index is 1.57. The molecular weight excluding hydrogens is 344 g/mol. The van der Waals surface area contributed by atoms with Crippen molar-refractivity contribution in [1.29, 1.82) is 0 Å². The van der Waals surface area contributed by atoms with E-state index in [9.17, 15) is 9.90 Å². The van der Waals surface area contributed by atoms with Gasteiger partial charge < -0.3 is 15.7 Å². The Bertz CT molecular complexity index is 778. The van der Waals surface area contributed by atoms with Crippen molar-refractivity contribution in [1.82, 2.24) is 10.6 Å². The van der Waals surface area contributed by atoms with Gasteiger partial charge in [0.25, 0.3) is 5.91 Å².